The van der Waals surface area contributed by atoms with Crippen LogP contribution in [-0.2, 0) is 10.2 Å². The first-order valence-corrected chi connectivity index (χ1v) is 7.72. The van der Waals surface area contributed by atoms with Crippen molar-refractivity contribution in [3.05, 3.63) is 0 Å². The minimum absolute atomic E-state index is 0.400. The molecule has 0 aromatic rings. The molecule has 1 aliphatic carbocycles. The molecule has 0 heterocycles. The molecule has 5 nitrogen and oxygen atoms in total. The quantitative estimate of drug-likeness (QED) is 0.733. The van der Waals surface area contributed by atoms with Gasteiger partial charge >= 0.3 is 0 Å². The standard InChI is InChI=1S/C11H21N3O2S/c1-2-9-13-17(15,16)14-11(10-12)7-5-3-4-6-8-11/h13-14H,2-9H2,1H3. The molecule has 2 N–H and O–H groups in total. The predicted octanol–water partition coefficient (Wildman–Crippen LogP) is 1.44. The highest BCUT2D eigenvalue weighted by Gasteiger charge is 2.34. The molecule has 0 aromatic carbocycles. The molecule has 6 heteroatoms. The summed E-state index contributed by atoms with van der Waals surface area (Å²) in [6, 6.07) is 2.16. The molecular formula is C11H21N3O2S. The number of hydrogen-bond donors (Lipinski definition) is 2. The lowest BCUT2D eigenvalue weighted by Crippen LogP contribution is -2.51. The Morgan fingerprint density at radius 2 is 1.82 bits per heavy atom. The molecule has 0 saturated heterocycles. The van der Waals surface area contributed by atoms with Gasteiger partial charge in [-0.05, 0) is 19.3 Å². The van der Waals surface area contributed by atoms with Gasteiger partial charge in [0.15, 0.2) is 0 Å². The van der Waals surface area contributed by atoms with Gasteiger partial charge in [-0.3, -0.25) is 0 Å². The smallest absolute Gasteiger partial charge is 0.202 e. The average Bonchev–Trinajstić information content (AvgIpc) is 2.52. The largest absolute Gasteiger partial charge is 0.278 e. The zero-order valence-electron chi connectivity index (χ0n) is 10.3. The van der Waals surface area contributed by atoms with Crippen LogP contribution in [0.25, 0.3) is 0 Å². The van der Waals surface area contributed by atoms with Crippen molar-refractivity contribution in [2.75, 3.05) is 6.54 Å². The highest BCUT2D eigenvalue weighted by atomic mass is 32.2. The molecule has 1 saturated carbocycles. The second kappa shape index (κ2) is 6.34. The summed E-state index contributed by atoms with van der Waals surface area (Å²) in [7, 11) is -3.55. The monoisotopic (exact) mass is 259 g/mol. The maximum Gasteiger partial charge on any atom is 0.278 e. The van der Waals surface area contributed by atoms with Crippen molar-refractivity contribution in [2.24, 2.45) is 0 Å². The van der Waals surface area contributed by atoms with Crippen molar-refractivity contribution in [2.45, 2.75) is 57.4 Å². The van der Waals surface area contributed by atoms with Gasteiger partial charge in [-0.15, -0.1) is 0 Å². The van der Waals surface area contributed by atoms with Gasteiger partial charge in [0.1, 0.15) is 5.54 Å². The van der Waals surface area contributed by atoms with E-state index >= 15 is 0 Å². The van der Waals surface area contributed by atoms with E-state index in [9.17, 15) is 13.7 Å². The zero-order valence-corrected chi connectivity index (χ0v) is 11.1. The van der Waals surface area contributed by atoms with Crippen molar-refractivity contribution < 1.29 is 8.42 Å². The highest BCUT2D eigenvalue weighted by molar-refractivity contribution is 7.87. The lowest BCUT2D eigenvalue weighted by Gasteiger charge is -2.25. The first-order valence-electron chi connectivity index (χ1n) is 6.23. The van der Waals surface area contributed by atoms with Crippen LogP contribution in [0.15, 0.2) is 0 Å². The van der Waals surface area contributed by atoms with Crippen LogP contribution in [0.3, 0.4) is 0 Å². The summed E-state index contributed by atoms with van der Waals surface area (Å²) in [6.07, 6.45) is 5.92. The molecule has 0 unspecified atom stereocenters. The third-order valence-electron chi connectivity index (χ3n) is 3.04. The maximum atomic E-state index is 11.8. The zero-order chi connectivity index (χ0) is 12.8. The van der Waals surface area contributed by atoms with Crippen LogP contribution in [0.4, 0.5) is 0 Å². The molecule has 0 amide bonds. The van der Waals surface area contributed by atoms with E-state index in [1.807, 2.05) is 6.92 Å². The summed E-state index contributed by atoms with van der Waals surface area (Å²) in [5.74, 6) is 0. The number of rotatable bonds is 5. The van der Waals surface area contributed by atoms with Crippen molar-refractivity contribution in [1.29, 1.82) is 5.26 Å². The molecule has 0 bridgehead atoms. The summed E-state index contributed by atoms with van der Waals surface area (Å²) in [6.45, 7) is 2.30. The summed E-state index contributed by atoms with van der Waals surface area (Å²) in [4.78, 5) is 0. The van der Waals surface area contributed by atoms with Gasteiger partial charge in [0, 0.05) is 6.54 Å². The van der Waals surface area contributed by atoms with Gasteiger partial charge < -0.3 is 0 Å². The fraction of sp³-hybridized carbons (Fsp3) is 0.909. The molecule has 0 spiro atoms. The lowest BCUT2D eigenvalue weighted by molar-refractivity contribution is 0.418. The fourth-order valence-electron chi connectivity index (χ4n) is 2.10. The second-order valence-corrected chi connectivity index (χ2v) is 6.11. The van der Waals surface area contributed by atoms with Crippen molar-refractivity contribution >= 4 is 10.2 Å². The van der Waals surface area contributed by atoms with Crippen LogP contribution in [0.2, 0.25) is 0 Å². The van der Waals surface area contributed by atoms with Gasteiger partial charge in [0.2, 0.25) is 0 Å². The van der Waals surface area contributed by atoms with Crippen molar-refractivity contribution in [1.82, 2.24) is 9.44 Å². The first kappa shape index (κ1) is 14.4. The average molecular weight is 259 g/mol. The summed E-state index contributed by atoms with van der Waals surface area (Å²) in [5.41, 5.74) is -0.907. The minimum Gasteiger partial charge on any atom is -0.202 e. The number of nitrogens with zero attached hydrogens (tertiary/aromatic N) is 1. The molecule has 0 atom stereocenters. The molecule has 98 valence electrons. The molecule has 1 fully saturated rings. The first-order chi connectivity index (χ1) is 8.04. The van der Waals surface area contributed by atoms with E-state index in [1.54, 1.807) is 0 Å². The molecule has 0 aliphatic heterocycles. The molecule has 0 radical (unpaired) electrons. The minimum atomic E-state index is -3.55. The van der Waals surface area contributed by atoms with Crippen LogP contribution in [0, 0.1) is 11.3 Å². The Hall–Kier alpha value is -0.640. The van der Waals surface area contributed by atoms with E-state index in [0.29, 0.717) is 19.4 Å². The van der Waals surface area contributed by atoms with Crippen LogP contribution in [0.5, 0.6) is 0 Å². The van der Waals surface area contributed by atoms with E-state index in [0.717, 1.165) is 32.1 Å². The van der Waals surface area contributed by atoms with Crippen LogP contribution in [0.1, 0.15) is 51.9 Å². The molecular weight excluding hydrogens is 238 g/mol. The number of nitrogens with one attached hydrogen (secondary N) is 2. The van der Waals surface area contributed by atoms with E-state index in [4.69, 9.17) is 0 Å². The summed E-state index contributed by atoms with van der Waals surface area (Å²) < 4.78 is 28.5. The topological polar surface area (TPSA) is 82.0 Å². The number of nitriles is 1. The Bertz CT molecular complexity index is 365. The van der Waals surface area contributed by atoms with Gasteiger partial charge in [-0.2, -0.15) is 18.4 Å². The van der Waals surface area contributed by atoms with Gasteiger partial charge in [0.05, 0.1) is 6.07 Å². The summed E-state index contributed by atoms with van der Waals surface area (Å²) in [5, 5.41) is 9.25. The van der Waals surface area contributed by atoms with Crippen LogP contribution < -0.4 is 9.44 Å². The fourth-order valence-corrected chi connectivity index (χ4v) is 3.41. The second-order valence-electron chi connectivity index (χ2n) is 4.61. The number of hydrogen-bond acceptors (Lipinski definition) is 3. The van der Waals surface area contributed by atoms with E-state index in [-0.39, 0.29) is 0 Å². The molecule has 17 heavy (non-hydrogen) atoms. The Morgan fingerprint density at radius 1 is 1.24 bits per heavy atom. The third kappa shape index (κ3) is 4.62. The van der Waals surface area contributed by atoms with Crippen LogP contribution >= 0.6 is 0 Å². The molecule has 1 aliphatic rings. The van der Waals surface area contributed by atoms with Crippen molar-refractivity contribution in [3.63, 3.8) is 0 Å². The highest BCUT2D eigenvalue weighted by Crippen LogP contribution is 2.26. The Labute approximate surface area is 104 Å². The molecule has 1 rings (SSSR count). The van der Waals surface area contributed by atoms with E-state index < -0.39 is 15.7 Å². The Balaban J connectivity index is 2.71. The van der Waals surface area contributed by atoms with E-state index in [1.165, 1.54) is 0 Å². The maximum absolute atomic E-state index is 11.8. The Morgan fingerprint density at radius 3 is 2.29 bits per heavy atom. The Kier molecular flexibility index (Phi) is 5.37. The van der Waals surface area contributed by atoms with Gasteiger partial charge in [-0.1, -0.05) is 32.6 Å². The lowest BCUT2D eigenvalue weighted by atomic mass is 9.94. The molecule has 0 aromatic heterocycles. The van der Waals surface area contributed by atoms with Crippen molar-refractivity contribution in [3.8, 4) is 6.07 Å². The summed E-state index contributed by atoms with van der Waals surface area (Å²) >= 11 is 0. The van der Waals surface area contributed by atoms with E-state index in [2.05, 4.69) is 15.5 Å². The van der Waals surface area contributed by atoms with Gasteiger partial charge in [-0.25, -0.2) is 4.72 Å². The normalized spacial score (nSPS) is 20.5. The van der Waals surface area contributed by atoms with Gasteiger partial charge in [0.25, 0.3) is 10.2 Å². The predicted molar refractivity (Wildman–Crippen MR) is 66.4 cm³/mol. The third-order valence-corrected chi connectivity index (χ3v) is 4.29. The SMILES string of the molecule is CCCNS(=O)(=O)NC1(C#N)CCCCCC1. The van der Waals surface area contributed by atoms with Crippen LogP contribution in [-0.4, -0.2) is 20.5 Å².